The fraction of sp³-hybridized carbons (Fsp3) is 0.300. The number of hydrogen-bond acceptors (Lipinski definition) is 5. The van der Waals surface area contributed by atoms with E-state index in [1.165, 1.54) is 10.9 Å². The highest BCUT2D eigenvalue weighted by Gasteiger charge is 2.25. The summed E-state index contributed by atoms with van der Waals surface area (Å²) in [6.45, 7) is 3.45. The molecule has 0 atom stereocenters. The number of furan rings is 1. The molecule has 0 bridgehead atoms. The summed E-state index contributed by atoms with van der Waals surface area (Å²) in [5.74, 6) is -0.339. The summed E-state index contributed by atoms with van der Waals surface area (Å²) in [6, 6.07) is 5.38. The first-order valence-electron chi connectivity index (χ1n) is 9.02. The predicted molar refractivity (Wildman–Crippen MR) is 104 cm³/mol. The van der Waals surface area contributed by atoms with Crippen LogP contribution in [0.5, 0.6) is 0 Å². The van der Waals surface area contributed by atoms with Crippen molar-refractivity contribution >= 4 is 28.6 Å². The molecule has 0 spiro atoms. The highest BCUT2D eigenvalue weighted by atomic mass is 16.3. The lowest BCUT2D eigenvalue weighted by molar-refractivity contribution is 0.0949. The van der Waals surface area contributed by atoms with Crippen molar-refractivity contribution in [2.45, 2.75) is 32.7 Å². The highest BCUT2D eigenvalue weighted by Crippen LogP contribution is 2.24. The normalized spacial score (nSPS) is 13.5. The molecule has 2 N–H and O–H groups in total. The van der Waals surface area contributed by atoms with Crippen molar-refractivity contribution in [1.82, 2.24) is 14.9 Å². The lowest BCUT2D eigenvalue weighted by Crippen LogP contribution is -2.25. The first kappa shape index (κ1) is 18.0. The van der Waals surface area contributed by atoms with Gasteiger partial charge in [0.1, 0.15) is 17.5 Å². The number of benzene rings is 1. The molecule has 8 nitrogen and oxygen atoms in total. The summed E-state index contributed by atoms with van der Waals surface area (Å²) in [6.07, 6.45) is 3.34. The van der Waals surface area contributed by atoms with Crippen molar-refractivity contribution in [1.29, 1.82) is 0 Å². The van der Waals surface area contributed by atoms with Gasteiger partial charge in [-0.25, -0.2) is 4.98 Å². The van der Waals surface area contributed by atoms with Crippen LogP contribution in [0.3, 0.4) is 0 Å². The SMILES string of the molecule is Cc1ccc(C(=O)NC2CC2)cc1NC(=O)c1c(C)oc2ncn(C)c(=O)c12. The maximum atomic E-state index is 12.9. The second kappa shape index (κ2) is 6.63. The summed E-state index contributed by atoms with van der Waals surface area (Å²) in [5, 5.41) is 5.87. The van der Waals surface area contributed by atoms with Gasteiger partial charge in [0, 0.05) is 24.3 Å². The summed E-state index contributed by atoms with van der Waals surface area (Å²) < 4.78 is 6.78. The molecule has 0 saturated heterocycles. The second-order valence-corrected chi connectivity index (χ2v) is 7.11. The highest BCUT2D eigenvalue weighted by molar-refractivity contribution is 6.13. The Hall–Kier alpha value is -3.42. The van der Waals surface area contributed by atoms with Crippen LogP contribution < -0.4 is 16.2 Å². The van der Waals surface area contributed by atoms with Gasteiger partial charge in [-0.2, -0.15) is 0 Å². The smallest absolute Gasteiger partial charge is 0.265 e. The molecule has 28 heavy (non-hydrogen) atoms. The van der Waals surface area contributed by atoms with E-state index in [4.69, 9.17) is 4.42 Å². The zero-order valence-corrected chi connectivity index (χ0v) is 15.8. The largest absolute Gasteiger partial charge is 0.442 e. The Balaban J connectivity index is 1.68. The van der Waals surface area contributed by atoms with Crippen LogP contribution >= 0.6 is 0 Å². The number of anilines is 1. The van der Waals surface area contributed by atoms with E-state index < -0.39 is 5.91 Å². The molecule has 0 radical (unpaired) electrons. The van der Waals surface area contributed by atoms with Crippen LogP contribution in [-0.4, -0.2) is 27.4 Å². The fourth-order valence-electron chi connectivity index (χ4n) is 3.04. The van der Waals surface area contributed by atoms with Crippen molar-refractivity contribution in [3.8, 4) is 0 Å². The first-order valence-corrected chi connectivity index (χ1v) is 9.02. The van der Waals surface area contributed by atoms with Gasteiger partial charge < -0.3 is 19.6 Å². The van der Waals surface area contributed by atoms with Crippen LogP contribution in [0.4, 0.5) is 5.69 Å². The maximum absolute atomic E-state index is 12.9. The summed E-state index contributed by atoms with van der Waals surface area (Å²) >= 11 is 0. The Bertz CT molecular complexity index is 1170. The van der Waals surface area contributed by atoms with Gasteiger partial charge in [-0.05, 0) is 44.4 Å². The van der Waals surface area contributed by atoms with Crippen LogP contribution in [0.15, 0.2) is 33.7 Å². The summed E-state index contributed by atoms with van der Waals surface area (Å²) in [7, 11) is 1.56. The standard InChI is InChI=1S/C20H20N4O4/c1-10-4-5-12(17(25)22-13-6-7-13)8-14(10)23-18(26)15-11(2)28-19-16(15)20(27)24(3)9-21-19/h4-5,8-9,13H,6-7H2,1-3H3,(H,22,25)(H,23,26). The molecule has 2 amide bonds. The Morgan fingerprint density at radius 2 is 1.96 bits per heavy atom. The van der Waals surface area contributed by atoms with Gasteiger partial charge in [0.2, 0.25) is 5.71 Å². The van der Waals surface area contributed by atoms with E-state index >= 15 is 0 Å². The van der Waals surface area contributed by atoms with Gasteiger partial charge in [0.25, 0.3) is 17.4 Å². The van der Waals surface area contributed by atoms with E-state index in [0.29, 0.717) is 17.0 Å². The molecule has 4 rings (SSSR count). The summed E-state index contributed by atoms with van der Waals surface area (Å²) in [4.78, 5) is 41.8. The summed E-state index contributed by atoms with van der Waals surface area (Å²) in [5.41, 5.74) is 1.69. The second-order valence-electron chi connectivity index (χ2n) is 7.11. The van der Waals surface area contributed by atoms with Crippen LogP contribution in [0.1, 0.15) is 44.9 Å². The van der Waals surface area contributed by atoms with Gasteiger partial charge in [-0.15, -0.1) is 0 Å². The molecule has 2 aromatic heterocycles. The molecule has 2 heterocycles. The molecule has 1 saturated carbocycles. The number of nitrogens with one attached hydrogen (secondary N) is 2. The average molecular weight is 380 g/mol. The lowest BCUT2D eigenvalue weighted by atomic mass is 10.1. The van der Waals surface area contributed by atoms with Gasteiger partial charge in [-0.1, -0.05) is 6.07 Å². The molecule has 0 unspecified atom stereocenters. The third kappa shape index (κ3) is 3.17. The molecule has 1 fully saturated rings. The van der Waals surface area contributed by atoms with Gasteiger partial charge in [-0.3, -0.25) is 14.4 Å². The van der Waals surface area contributed by atoms with E-state index in [-0.39, 0.29) is 34.2 Å². The minimum atomic E-state index is -0.482. The molecule has 1 aliphatic carbocycles. The predicted octanol–water partition coefficient (Wildman–Crippen LogP) is 2.29. The van der Waals surface area contributed by atoms with Crippen LogP contribution in [0, 0.1) is 13.8 Å². The minimum absolute atomic E-state index is 0.125. The van der Waals surface area contributed by atoms with E-state index in [1.807, 2.05) is 6.92 Å². The number of nitrogens with zero attached hydrogens (tertiary/aromatic N) is 2. The van der Waals surface area contributed by atoms with Crippen molar-refractivity contribution < 1.29 is 14.0 Å². The number of carbonyl (C=O) groups is 2. The van der Waals surface area contributed by atoms with E-state index in [1.54, 1.807) is 32.2 Å². The van der Waals surface area contributed by atoms with E-state index in [0.717, 1.165) is 18.4 Å². The minimum Gasteiger partial charge on any atom is -0.442 e. The number of fused-ring (bicyclic) bond motifs is 1. The number of rotatable bonds is 4. The lowest BCUT2D eigenvalue weighted by Gasteiger charge is -2.11. The van der Waals surface area contributed by atoms with Crippen molar-refractivity contribution in [3.05, 3.63) is 57.3 Å². The Kier molecular flexibility index (Phi) is 4.26. The van der Waals surface area contributed by atoms with Crippen molar-refractivity contribution in [2.75, 3.05) is 5.32 Å². The topological polar surface area (TPSA) is 106 Å². The molecule has 0 aliphatic heterocycles. The van der Waals surface area contributed by atoms with E-state index in [2.05, 4.69) is 15.6 Å². The van der Waals surface area contributed by atoms with Crippen molar-refractivity contribution in [2.24, 2.45) is 7.05 Å². The zero-order chi connectivity index (χ0) is 20.0. The van der Waals surface area contributed by atoms with Gasteiger partial charge in [0.05, 0.1) is 5.56 Å². The monoisotopic (exact) mass is 380 g/mol. The van der Waals surface area contributed by atoms with E-state index in [9.17, 15) is 14.4 Å². The zero-order valence-electron chi connectivity index (χ0n) is 15.8. The maximum Gasteiger partial charge on any atom is 0.265 e. The number of hydrogen-bond donors (Lipinski definition) is 2. The quantitative estimate of drug-likeness (QED) is 0.722. The number of aryl methyl sites for hydroxylation is 3. The fourth-order valence-corrected chi connectivity index (χ4v) is 3.04. The Labute approximate surface area is 160 Å². The van der Waals surface area contributed by atoms with Gasteiger partial charge >= 0.3 is 0 Å². The Morgan fingerprint density at radius 1 is 1.21 bits per heavy atom. The van der Waals surface area contributed by atoms with Crippen LogP contribution in [0.25, 0.3) is 11.1 Å². The van der Waals surface area contributed by atoms with Crippen LogP contribution in [-0.2, 0) is 7.05 Å². The number of amides is 2. The molecular weight excluding hydrogens is 360 g/mol. The molecular formula is C20H20N4O4. The number of carbonyl (C=O) groups excluding carboxylic acids is 2. The third-order valence-corrected chi connectivity index (χ3v) is 4.84. The molecule has 8 heteroatoms. The molecule has 3 aromatic rings. The van der Waals surface area contributed by atoms with Crippen LogP contribution in [0.2, 0.25) is 0 Å². The number of aromatic nitrogens is 2. The first-order chi connectivity index (χ1) is 13.3. The van der Waals surface area contributed by atoms with Crippen molar-refractivity contribution in [3.63, 3.8) is 0 Å². The molecule has 1 aliphatic rings. The average Bonchev–Trinajstić information content (AvgIpc) is 3.39. The third-order valence-electron chi connectivity index (χ3n) is 4.84. The Morgan fingerprint density at radius 3 is 2.68 bits per heavy atom. The molecule has 144 valence electrons. The van der Waals surface area contributed by atoms with Gasteiger partial charge in [0.15, 0.2) is 0 Å². The molecule has 1 aromatic carbocycles.